The van der Waals surface area contributed by atoms with Gasteiger partial charge in [-0.2, -0.15) is 0 Å². The minimum atomic E-state index is -0.639. The van der Waals surface area contributed by atoms with Crippen LogP contribution in [0.4, 0.5) is 0 Å². The van der Waals surface area contributed by atoms with Crippen molar-refractivity contribution < 1.29 is 14.1 Å². The van der Waals surface area contributed by atoms with Crippen LogP contribution in [0.5, 0.6) is 5.75 Å². The molecule has 0 fully saturated rings. The number of aromatic nitrogens is 2. The van der Waals surface area contributed by atoms with Gasteiger partial charge in [0.1, 0.15) is 11.4 Å². The third kappa shape index (κ3) is 4.01. The van der Waals surface area contributed by atoms with Gasteiger partial charge >= 0.3 is 0 Å². The Hall–Kier alpha value is -3.67. The number of nitrogens with one attached hydrogen (secondary N) is 1. The molecule has 0 saturated carbocycles. The van der Waals surface area contributed by atoms with E-state index in [1.165, 1.54) is 0 Å². The Balaban J connectivity index is 1.35. The molecule has 4 aromatic rings. The molecule has 1 N–H and O–H groups in total. The van der Waals surface area contributed by atoms with Crippen LogP contribution in [-0.2, 0) is 11.3 Å². The van der Waals surface area contributed by atoms with Gasteiger partial charge in [0, 0.05) is 12.3 Å². The number of rotatable bonds is 6. The number of carbonyl (C=O) groups is 1. The van der Waals surface area contributed by atoms with Crippen molar-refractivity contribution in [3.63, 3.8) is 0 Å². The van der Waals surface area contributed by atoms with E-state index in [0.29, 0.717) is 17.2 Å². The smallest absolute Gasteiger partial charge is 0.261 e. The molecule has 1 amide bonds. The molecule has 28 heavy (non-hydrogen) atoms. The molecule has 6 heteroatoms. The van der Waals surface area contributed by atoms with Gasteiger partial charge < -0.3 is 14.6 Å². The summed E-state index contributed by atoms with van der Waals surface area (Å²) in [5.41, 5.74) is 1.35. The van der Waals surface area contributed by atoms with E-state index in [2.05, 4.69) is 15.5 Å². The van der Waals surface area contributed by atoms with Crippen LogP contribution in [0.3, 0.4) is 0 Å². The van der Waals surface area contributed by atoms with E-state index >= 15 is 0 Å². The lowest BCUT2D eigenvalue weighted by molar-refractivity contribution is -0.127. The molecule has 140 valence electrons. The van der Waals surface area contributed by atoms with Crippen molar-refractivity contribution in [2.75, 3.05) is 0 Å². The number of ether oxygens (including phenoxy) is 1. The Kier molecular flexibility index (Phi) is 5.01. The first kappa shape index (κ1) is 17.7. The highest BCUT2D eigenvalue weighted by molar-refractivity contribution is 5.84. The van der Waals surface area contributed by atoms with Crippen LogP contribution in [0.25, 0.3) is 22.2 Å². The Labute approximate surface area is 162 Å². The quantitative estimate of drug-likeness (QED) is 0.553. The fourth-order valence-corrected chi connectivity index (χ4v) is 2.85. The van der Waals surface area contributed by atoms with Gasteiger partial charge in [0.05, 0.1) is 12.2 Å². The van der Waals surface area contributed by atoms with Crippen LogP contribution in [0.1, 0.15) is 12.7 Å². The van der Waals surface area contributed by atoms with E-state index in [9.17, 15) is 4.79 Å². The lowest BCUT2D eigenvalue weighted by Crippen LogP contribution is -2.35. The van der Waals surface area contributed by atoms with Crippen LogP contribution in [0, 0.1) is 0 Å². The van der Waals surface area contributed by atoms with Crippen LogP contribution in [0.15, 0.2) is 77.4 Å². The number of hydrogen-bond acceptors (Lipinski definition) is 5. The number of amides is 1. The first-order valence-corrected chi connectivity index (χ1v) is 8.99. The zero-order chi connectivity index (χ0) is 19.3. The van der Waals surface area contributed by atoms with Crippen molar-refractivity contribution >= 4 is 16.7 Å². The predicted molar refractivity (Wildman–Crippen MR) is 106 cm³/mol. The number of nitrogens with zero attached hydrogens (tertiary/aromatic N) is 2. The van der Waals surface area contributed by atoms with Crippen LogP contribution in [-0.4, -0.2) is 22.2 Å². The molecule has 0 bridgehead atoms. The molecule has 0 radical (unpaired) electrons. The van der Waals surface area contributed by atoms with E-state index in [-0.39, 0.29) is 12.5 Å². The molecular formula is C22H19N3O3. The maximum absolute atomic E-state index is 12.4. The van der Waals surface area contributed by atoms with E-state index in [1.54, 1.807) is 19.2 Å². The molecular weight excluding hydrogens is 354 g/mol. The van der Waals surface area contributed by atoms with Gasteiger partial charge in [0.25, 0.3) is 5.91 Å². The van der Waals surface area contributed by atoms with Gasteiger partial charge in [0.15, 0.2) is 11.9 Å². The van der Waals surface area contributed by atoms with Gasteiger partial charge in [-0.1, -0.05) is 41.6 Å². The van der Waals surface area contributed by atoms with Gasteiger partial charge in [-0.05, 0) is 42.0 Å². The lowest BCUT2D eigenvalue weighted by Gasteiger charge is -2.14. The molecule has 4 rings (SSSR count). The molecule has 0 aliphatic carbocycles. The molecule has 0 aliphatic heterocycles. The normalized spacial score (nSPS) is 11.9. The number of hydrogen-bond donors (Lipinski definition) is 1. The van der Waals surface area contributed by atoms with Crippen molar-refractivity contribution in [1.82, 2.24) is 15.5 Å². The molecule has 2 heterocycles. The van der Waals surface area contributed by atoms with E-state index < -0.39 is 6.10 Å². The molecule has 0 spiro atoms. The van der Waals surface area contributed by atoms with E-state index in [4.69, 9.17) is 9.26 Å². The molecule has 0 saturated heterocycles. The van der Waals surface area contributed by atoms with Crippen LogP contribution in [0.2, 0.25) is 0 Å². The average molecular weight is 373 g/mol. The zero-order valence-corrected chi connectivity index (χ0v) is 15.3. The van der Waals surface area contributed by atoms with Gasteiger partial charge in [-0.25, -0.2) is 0 Å². The summed E-state index contributed by atoms with van der Waals surface area (Å²) in [5.74, 6) is 0.967. The Bertz CT molecular complexity index is 1090. The van der Waals surface area contributed by atoms with Crippen molar-refractivity contribution in [3.8, 4) is 17.1 Å². The van der Waals surface area contributed by atoms with E-state index in [1.807, 2.05) is 60.7 Å². The third-order valence-corrected chi connectivity index (χ3v) is 4.33. The van der Waals surface area contributed by atoms with Gasteiger partial charge in [0.2, 0.25) is 0 Å². The van der Waals surface area contributed by atoms with Crippen molar-refractivity contribution in [3.05, 3.63) is 78.7 Å². The Morgan fingerprint density at radius 2 is 1.86 bits per heavy atom. The Morgan fingerprint density at radius 1 is 1.04 bits per heavy atom. The summed E-state index contributed by atoms with van der Waals surface area (Å²) >= 11 is 0. The summed E-state index contributed by atoms with van der Waals surface area (Å²) in [6.45, 7) is 1.94. The zero-order valence-electron chi connectivity index (χ0n) is 15.3. The van der Waals surface area contributed by atoms with E-state index in [0.717, 1.165) is 16.5 Å². The Morgan fingerprint density at radius 3 is 2.68 bits per heavy atom. The minimum Gasteiger partial charge on any atom is -0.481 e. The second-order valence-electron chi connectivity index (χ2n) is 6.38. The maximum Gasteiger partial charge on any atom is 0.261 e. The highest BCUT2D eigenvalue weighted by atomic mass is 16.5. The summed E-state index contributed by atoms with van der Waals surface area (Å²) < 4.78 is 11.0. The first-order valence-electron chi connectivity index (χ1n) is 8.99. The predicted octanol–water partition coefficient (Wildman–Crippen LogP) is 3.97. The topological polar surface area (TPSA) is 77.2 Å². The second-order valence-corrected chi connectivity index (χ2v) is 6.38. The number of pyridine rings is 1. The molecule has 2 aromatic carbocycles. The summed E-state index contributed by atoms with van der Waals surface area (Å²) in [5, 5.41) is 8.98. The van der Waals surface area contributed by atoms with Crippen molar-refractivity contribution in [2.24, 2.45) is 0 Å². The van der Waals surface area contributed by atoms with Crippen molar-refractivity contribution in [1.29, 1.82) is 0 Å². The summed E-state index contributed by atoms with van der Waals surface area (Å²) in [7, 11) is 0. The molecule has 0 unspecified atom stereocenters. The summed E-state index contributed by atoms with van der Waals surface area (Å²) in [6.07, 6.45) is 1.05. The van der Waals surface area contributed by atoms with Crippen molar-refractivity contribution in [2.45, 2.75) is 19.6 Å². The fraction of sp³-hybridized carbons (Fsp3) is 0.136. The number of carbonyl (C=O) groups excluding carboxylic acids is 1. The summed E-state index contributed by atoms with van der Waals surface area (Å²) in [4.78, 5) is 16.6. The minimum absolute atomic E-state index is 0.226. The maximum atomic E-state index is 12.4. The highest BCUT2D eigenvalue weighted by Crippen LogP contribution is 2.21. The van der Waals surface area contributed by atoms with Gasteiger partial charge in [-0.3, -0.25) is 9.78 Å². The number of fused-ring (bicyclic) bond motifs is 1. The molecule has 1 atom stereocenters. The molecule has 6 nitrogen and oxygen atoms in total. The first-order chi connectivity index (χ1) is 13.7. The second kappa shape index (κ2) is 7.92. The average Bonchev–Trinajstić information content (AvgIpc) is 3.21. The molecule has 2 aromatic heterocycles. The standard InChI is InChI=1S/C22H19N3O3/c1-15(27-18-10-9-16-6-2-3-7-17(16)12-18)22(26)24-14-19-13-21(25-28-19)20-8-4-5-11-23-20/h2-13,15H,14H2,1H3,(H,24,26)/t15-/m1/s1. The fourth-order valence-electron chi connectivity index (χ4n) is 2.85. The lowest BCUT2D eigenvalue weighted by atomic mass is 10.1. The monoisotopic (exact) mass is 373 g/mol. The summed E-state index contributed by atoms with van der Waals surface area (Å²) in [6, 6.07) is 21.1. The van der Waals surface area contributed by atoms with Gasteiger partial charge in [-0.15, -0.1) is 0 Å². The highest BCUT2D eigenvalue weighted by Gasteiger charge is 2.16. The largest absolute Gasteiger partial charge is 0.481 e. The third-order valence-electron chi connectivity index (χ3n) is 4.33. The molecule has 0 aliphatic rings. The SMILES string of the molecule is C[C@@H](Oc1ccc2ccccc2c1)C(=O)NCc1cc(-c2ccccn2)no1. The number of benzene rings is 2. The van der Waals surface area contributed by atoms with Crippen LogP contribution < -0.4 is 10.1 Å². The van der Waals surface area contributed by atoms with Crippen LogP contribution >= 0.6 is 0 Å².